The van der Waals surface area contributed by atoms with E-state index in [0.29, 0.717) is 12.4 Å². The maximum atomic E-state index is 13.4. The summed E-state index contributed by atoms with van der Waals surface area (Å²) >= 11 is 3.20. The molecule has 4 saturated carbocycles. The molecule has 5 heteroatoms. The van der Waals surface area contributed by atoms with Crippen molar-refractivity contribution >= 4 is 15.9 Å². The van der Waals surface area contributed by atoms with Crippen LogP contribution in [-0.2, 0) is 11.6 Å². The van der Waals surface area contributed by atoms with Crippen LogP contribution in [0.5, 0.6) is 5.75 Å². The van der Waals surface area contributed by atoms with Crippen LogP contribution < -0.4 is 4.74 Å². The van der Waals surface area contributed by atoms with Crippen molar-refractivity contribution in [2.45, 2.75) is 69.9 Å². The first kappa shape index (κ1) is 18.6. The van der Waals surface area contributed by atoms with Crippen molar-refractivity contribution in [3.05, 3.63) is 27.7 Å². The molecule has 0 unspecified atom stereocenters. The van der Waals surface area contributed by atoms with Gasteiger partial charge in [0.2, 0.25) is 0 Å². The van der Waals surface area contributed by atoms with Crippen molar-refractivity contribution in [2.75, 3.05) is 6.61 Å². The lowest BCUT2D eigenvalue weighted by Gasteiger charge is -2.57. The van der Waals surface area contributed by atoms with Gasteiger partial charge in [-0.3, -0.25) is 0 Å². The number of halogens is 4. The van der Waals surface area contributed by atoms with E-state index in [-0.39, 0.29) is 9.89 Å². The molecule has 5 rings (SSSR count). The minimum absolute atomic E-state index is 0.0168. The Balaban J connectivity index is 1.75. The van der Waals surface area contributed by atoms with E-state index in [9.17, 15) is 13.2 Å². The Morgan fingerprint density at radius 1 is 1.08 bits per heavy atom. The third-order valence-electron chi connectivity index (χ3n) is 6.74. The molecule has 1 nitrogen and oxygen atoms in total. The molecule has 4 fully saturated rings. The molecule has 0 heterocycles. The summed E-state index contributed by atoms with van der Waals surface area (Å²) in [6.45, 7) is 2.54. The zero-order chi connectivity index (χ0) is 18.5. The summed E-state index contributed by atoms with van der Waals surface area (Å²) in [5, 5.41) is 0. The molecule has 4 aliphatic rings. The monoisotopic (exact) mass is 430 g/mol. The number of ether oxygens (including phenoxy) is 1. The van der Waals surface area contributed by atoms with Gasteiger partial charge in [0.05, 0.1) is 12.2 Å². The number of alkyl halides is 3. The van der Waals surface area contributed by atoms with Gasteiger partial charge in [0.15, 0.2) is 0 Å². The van der Waals surface area contributed by atoms with E-state index in [1.54, 1.807) is 6.07 Å². The highest BCUT2D eigenvalue weighted by Gasteiger charge is 2.53. The summed E-state index contributed by atoms with van der Waals surface area (Å²) in [6.07, 6.45) is 4.73. The van der Waals surface area contributed by atoms with Gasteiger partial charge in [0.1, 0.15) is 5.75 Å². The second-order valence-electron chi connectivity index (χ2n) is 8.73. The molecular formula is C21H26BrF3O. The van der Waals surface area contributed by atoms with E-state index in [2.05, 4.69) is 22.9 Å². The third-order valence-corrected chi connectivity index (χ3v) is 7.40. The van der Waals surface area contributed by atoms with Gasteiger partial charge in [-0.05, 0) is 80.2 Å². The molecule has 0 spiro atoms. The van der Waals surface area contributed by atoms with Crippen molar-refractivity contribution < 1.29 is 17.9 Å². The average molecular weight is 431 g/mol. The van der Waals surface area contributed by atoms with Crippen LogP contribution in [0.25, 0.3) is 0 Å². The largest absolute Gasteiger partial charge is 0.493 e. The summed E-state index contributed by atoms with van der Waals surface area (Å²) in [5.41, 5.74) is 0.410. The van der Waals surface area contributed by atoms with Gasteiger partial charge in [-0.1, -0.05) is 29.3 Å². The van der Waals surface area contributed by atoms with Crippen LogP contribution in [0, 0.1) is 17.8 Å². The van der Waals surface area contributed by atoms with Crippen LogP contribution in [0.2, 0.25) is 0 Å². The van der Waals surface area contributed by atoms with E-state index in [1.165, 1.54) is 25.3 Å². The smallest absolute Gasteiger partial charge is 0.417 e. The molecule has 0 N–H and O–H groups in total. The van der Waals surface area contributed by atoms with Crippen LogP contribution in [0.15, 0.2) is 16.6 Å². The Morgan fingerprint density at radius 3 is 2.15 bits per heavy atom. The number of hydrogen-bond acceptors (Lipinski definition) is 1. The first-order valence-electron chi connectivity index (χ1n) is 9.85. The molecule has 0 aromatic heterocycles. The Bertz CT molecular complexity index is 647. The van der Waals surface area contributed by atoms with Gasteiger partial charge in [0.25, 0.3) is 0 Å². The topological polar surface area (TPSA) is 9.23 Å². The summed E-state index contributed by atoms with van der Waals surface area (Å²) in [7, 11) is 0. The van der Waals surface area contributed by atoms with E-state index < -0.39 is 11.7 Å². The fourth-order valence-electron chi connectivity index (χ4n) is 6.07. The highest BCUT2D eigenvalue weighted by Crippen LogP contribution is 2.62. The lowest BCUT2D eigenvalue weighted by molar-refractivity contribution is -0.138. The van der Waals surface area contributed by atoms with E-state index in [4.69, 9.17) is 4.74 Å². The predicted octanol–water partition coefficient (Wildman–Crippen LogP) is 7.11. The number of hydrogen-bond donors (Lipinski definition) is 0. The molecule has 0 aliphatic heterocycles. The van der Waals surface area contributed by atoms with Crippen LogP contribution in [0.4, 0.5) is 13.2 Å². The SMILES string of the molecule is CCCCOc1cc(C(F)(F)F)c(Br)cc1C12CC3CC(CC(C3)C1)C2. The van der Waals surface area contributed by atoms with Crippen molar-refractivity contribution in [1.29, 1.82) is 0 Å². The van der Waals surface area contributed by atoms with Crippen molar-refractivity contribution in [3.8, 4) is 5.75 Å². The van der Waals surface area contributed by atoms with Crippen LogP contribution in [0.3, 0.4) is 0 Å². The van der Waals surface area contributed by atoms with Gasteiger partial charge in [0, 0.05) is 10.0 Å². The highest BCUT2D eigenvalue weighted by atomic mass is 79.9. The minimum atomic E-state index is -4.37. The van der Waals surface area contributed by atoms with E-state index >= 15 is 0 Å². The average Bonchev–Trinajstić information content (AvgIpc) is 2.53. The van der Waals surface area contributed by atoms with Gasteiger partial charge in [-0.25, -0.2) is 0 Å². The first-order valence-corrected chi connectivity index (χ1v) is 10.6. The second-order valence-corrected chi connectivity index (χ2v) is 9.58. The molecule has 1 aromatic rings. The number of unbranched alkanes of at least 4 members (excludes halogenated alkanes) is 1. The molecule has 0 radical (unpaired) electrons. The van der Waals surface area contributed by atoms with Crippen LogP contribution >= 0.6 is 15.9 Å². The van der Waals surface area contributed by atoms with Gasteiger partial charge < -0.3 is 4.74 Å². The Hall–Kier alpha value is -0.710. The Kier molecular flexibility index (Phi) is 4.82. The predicted molar refractivity (Wildman–Crippen MR) is 99.4 cm³/mol. The Labute approximate surface area is 161 Å². The second kappa shape index (κ2) is 6.72. The van der Waals surface area contributed by atoms with Crippen LogP contribution in [-0.4, -0.2) is 6.61 Å². The van der Waals surface area contributed by atoms with E-state index in [1.807, 2.05) is 0 Å². The normalized spacial score (nSPS) is 32.9. The molecule has 1 aromatic carbocycles. The number of rotatable bonds is 5. The molecule has 0 amide bonds. The molecule has 0 atom stereocenters. The molecule has 26 heavy (non-hydrogen) atoms. The van der Waals surface area contributed by atoms with Crippen molar-refractivity contribution in [1.82, 2.24) is 0 Å². The van der Waals surface area contributed by atoms with Gasteiger partial charge in [-0.2, -0.15) is 13.2 Å². The van der Waals surface area contributed by atoms with Crippen molar-refractivity contribution in [2.24, 2.45) is 17.8 Å². The standard InChI is InChI=1S/C21H26BrF3O/c1-2-3-4-26-19-9-16(21(23,24)25)18(22)8-17(19)20-10-13-5-14(11-20)7-15(6-13)12-20/h8-9,13-15H,2-7,10-12H2,1H3. The first-order chi connectivity index (χ1) is 12.3. The zero-order valence-electron chi connectivity index (χ0n) is 15.2. The summed E-state index contributed by atoms with van der Waals surface area (Å²) in [5.74, 6) is 2.69. The zero-order valence-corrected chi connectivity index (χ0v) is 16.8. The summed E-state index contributed by atoms with van der Waals surface area (Å²) < 4.78 is 46.4. The molecule has 144 valence electrons. The van der Waals surface area contributed by atoms with Crippen LogP contribution in [0.1, 0.15) is 69.4 Å². The maximum absolute atomic E-state index is 13.4. The summed E-state index contributed by atoms with van der Waals surface area (Å²) in [4.78, 5) is 0. The van der Waals surface area contributed by atoms with Gasteiger partial charge in [-0.15, -0.1) is 0 Å². The fraction of sp³-hybridized carbons (Fsp3) is 0.714. The molecule has 0 saturated heterocycles. The van der Waals surface area contributed by atoms with E-state index in [0.717, 1.165) is 55.4 Å². The quantitative estimate of drug-likeness (QED) is 0.452. The Morgan fingerprint density at radius 2 is 1.65 bits per heavy atom. The van der Waals surface area contributed by atoms with Crippen molar-refractivity contribution in [3.63, 3.8) is 0 Å². The molecule has 4 aliphatic carbocycles. The number of benzene rings is 1. The fourth-order valence-corrected chi connectivity index (χ4v) is 6.64. The lowest BCUT2D eigenvalue weighted by atomic mass is 9.48. The highest BCUT2D eigenvalue weighted by molar-refractivity contribution is 9.10. The molecular weight excluding hydrogens is 405 g/mol. The molecule has 4 bridgehead atoms. The van der Waals surface area contributed by atoms with Gasteiger partial charge >= 0.3 is 6.18 Å². The third kappa shape index (κ3) is 3.29. The minimum Gasteiger partial charge on any atom is -0.493 e. The maximum Gasteiger partial charge on any atom is 0.417 e. The lowest BCUT2D eigenvalue weighted by Crippen LogP contribution is -2.48. The summed E-state index contributed by atoms with van der Waals surface area (Å²) in [6, 6.07) is 2.98.